The monoisotopic (exact) mass is 352 g/mol. The zero-order chi connectivity index (χ0) is 17.7. The Balaban J connectivity index is 1.27. The Morgan fingerprint density at radius 2 is 2.00 bits per heavy atom. The molecule has 3 saturated heterocycles. The highest BCUT2D eigenvalue weighted by Crippen LogP contribution is 2.35. The summed E-state index contributed by atoms with van der Waals surface area (Å²) in [6, 6.07) is 11.8. The molecule has 0 spiro atoms. The van der Waals surface area contributed by atoms with Gasteiger partial charge in [0.1, 0.15) is 11.5 Å². The highest BCUT2D eigenvalue weighted by atomic mass is 19.1. The molecular weight excluding hydrogens is 331 g/mol. The third kappa shape index (κ3) is 2.79. The molecule has 3 fully saturated rings. The smallest absolute Gasteiger partial charge is 0.167 e. The molecule has 2 aromatic heterocycles. The van der Waals surface area contributed by atoms with E-state index in [2.05, 4.69) is 32.1 Å². The van der Waals surface area contributed by atoms with Crippen LogP contribution in [-0.4, -0.2) is 45.1 Å². The molecule has 0 saturated carbocycles. The molecule has 2 bridgehead atoms. The lowest BCUT2D eigenvalue weighted by Gasteiger charge is -2.56. The van der Waals surface area contributed by atoms with Crippen molar-refractivity contribution in [3.05, 3.63) is 59.3 Å². The second-order valence-electron chi connectivity index (χ2n) is 7.45. The van der Waals surface area contributed by atoms with E-state index in [0.29, 0.717) is 17.7 Å². The van der Waals surface area contributed by atoms with Crippen molar-refractivity contribution in [3.8, 4) is 0 Å². The Morgan fingerprint density at radius 3 is 2.81 bits per heavy atom. The first-order valence-electron chi connectivity index (χ1n) is 9.10. The highest BCUT2D eigenvalue weighted by Gasteiger charge is 2.44. The van der Waals surface area contributed by atoms with Crippen LogP contribution in [0.25, 0.3) is 11.0 Å². The van der Waals surface area contributed by atoms with Crippen molar-refractivity contribution in [3.63, 3.8) is 0 Å². The second kappa shape index (κ2) is 6.14. The van der Waals surface area contributed by atoms with Gasteiger partial charge in [0.15, 0.2) is 5.58 Å². The Bertz CT molecular complexity index is 944. The summed E-state index contributed by atoms with van der Waals surface area (Å²) in [4.78, 5) is 9.57. The summed E-state index contributed by atoms with van der Waals surface area (Å²) in [7, 11) is 0. The lowest BCUT2D eigenvalue weighted by atomic mass is 9.87. The van der Waals surface area contributed by atoms with E-state index in [4.69, 9.17) is 4.52 Å². The minimum Gasteiger partial charge on any atom is -0.356 e. The van der Waals surface area contributed by atoms with Gasteiger partial charge in [-0.15, -0.1) is 0 Å². The van der Waals surface area contributed by atoms with E-state index in [0.717, 1.165) is 48.6 Å². The van der Waals surface area contributed by atoms with Crippen LogP contribution < -0.4 is 0 Å². The van der Waals surface area contributed by atoms with E-state index in [1.165, 1.54) is 18.6 Å². The van der Waals surface area contributed by atoms with Gasteiger partial charge in [0.25, 0.3) is 0 Å². The highest BCUT2D eigenvalue weighted by molar-refractivity contribution is 5.79. The van der Waals surface area contributed by atoms with Crippen LogP contribution in [0.4, 0.5) is 4.39 Å². The van der Waals surface area contributed by atoms with Gasteiger partial charge >= 0.3 is 0 Å². The molecule has 5 nitrogen and oxygen atoms in total. The first kappa shape index (κ1) is 15.9. The molecule has 2 atom stereocenters. The third-order valence-electron chi connectivity index (χ3n) is 5.59. The van der Waals surface area contributed by atoms with Crippen LogP contribution in [0.3, 0.4) is 0 Å². The lowest BCUT2D eigenvalue weighted by Crippen LogP contribution is -2.67. The number of benzene rings is 1. The molecule has 26 heavy (non-hydrogen) atoms. The SMILES string of the molecule is Cc1cccc(CN2CC3CC(C2)N3Cc2noc3ccc(F)cc23)n1. The van der Waals surface area contributed by atoms with Crippen molar-refractivity contribution < 1.29 is 8.91 Å². The number of aryl methyl sites for hydroxylation is 1. The van der Waals surface area contributed by atoms with E-state index in [9.17, 15) is 4.39 Å². The van der Waals surface area contributed by atoms with Crippen molar-refractivity contribution in [1.82, 2.24) is 19.9 Å². The van der Waals surface area contributed by atoms with Gasteiger partial charge in [0, 0.05) is 49.3 Å². The molecule has 6 heteroatoms. The van der Waals surface area contributed by atoms with E-state index >= 15 is 0 Å². The van der Waals surface area contributed by atoms with Gasteiger partial charge in [-0.1, -0.05) is 11.2 Å². The molecule has 6 rings (SSSR count). The summed E-state index contributed by atoms with van der Waals surface area (Å²) in [5, 5.41) is 4.96. The van der Waals surface area contributed by atoms with E-state index < -0.39 is 0 Å². The Morgan fingerprint density at radius 1 is 1.15 bits per heavy atom. The molecule has 5 heterocycles. The van der Waals surface area contributed by atoms with Gasteiger partial charge < -0.3 is 4.52 Å². The molecule has 0 amide bonds. The van der Waals surface area contributed by atoms with Gasteiger partial charge in [-0.05, 0) is 43.7 Å². The minimum absolute atomic E-state index is 0.248. The number of fused-ring (bicyclic) bond motifs is 3. The average molecular weight is 352 g/mol. The number of hydrogen-bond donors (Lipinski definition) is 0. The van der Waals surface area contributed by atoms with E-state index in [1.807, 2.05) is 13.0 Å². The largest absolute Gasteiger partial charge is 0.356 e. The maximum absolute atomic E-state index is 13.5. The molecule has 0 aliphatic carbocycles. The maximum Gasteiger partial charge on any atom is 0.167 e. The molecular formula is C20H21FN4O. The fourth-order valence-corrected chi connectivity index (χ4v) is 4.33. The summed E-state index contributed by atoms with van der Waals surface area (Å²) in [5.74, 6) is -0.248. The lowest BCUT2D eigenvalue weighted by molar-refractivity contribution is -0.0784. The van der Waals surface area contributed by atoms with Crippen LogP contribution in [-0.2, 0) is 13.1 Å². The van der Waals surface area contributed by atoms with Crippen molar-refractivity contribution in [2.24, 2.45) is 0 Å². The summed E-state index contributed by atoms with van der Waals surface area (Å²) >= 11 is 0. The Kier molecular flexibility index (Phi) is 3.76. The fourth-order valence-electron chi connectivity index (χ4n) is 4.33. The van der Waals surface area contributed by atoms with Gasteiger partial charge in [0.2, 0.25) is 0 Å². The molecule has 3 aliphatic heterocycles. The molecule has 2 unspecified atom stereocenters. The zero-order valence-electron chi connectivity index (χ0n) is 14.7. The third-order valence-corrected chi connectivity index (χ3v) is 5.59. The number of piperidine rings is 1. The van der Waals surface area contributed by atoms with Crippen LogP contribution in [0.5, 0.6) is 0 Å². The standard InChI is InChI=1S/C20H21FN4O/c1-13-3-2-4-15(22-13)9-24-10-16-8-17(11-24)25(16)12-19-18-7-14(21)5-6-20(18)26-23-19/h2-7,16-17H,8-12H2,1H3. The van der Waals surface area contributed by atoms with E-state index in [1.54, 1.807) is 6.07 Å². The predicted octanol–water partition coefficient (Wildman–Crippen LogP) is 3.13. The molecule has 3 aliphatic rings. The summed E-state index contributed by atoms with van der Waals surface area (Å²) in [6.45, 7) is 5.74. The number of rotatable bonds is 4. The number of aromatic nitrogens is 2. The van der Waals surface area contributed by atoms with Crippen LogP contribution in [0.2, 0.25) is 0 Å². The maximum atomic E-state index is 13.5. The number of hydrogen-bond acceptors (Lipinski definition) is 5. The molecule has 1 aromatic carbocycles. The van der Waals surface area contributed by atoms with Crippen molar-refractivity contribution >= 4 is 11.0 Å². The van der Waals surface area contributed by atoms with Crippen molar-refractivity contribution in [1.29, 1.82) is 0 Å². The van der Waals surface area contributed by atoms with Crippen molar-refractivity contribution in [2.45, 2.75) is 38.5 Å². The van der Waals surface area contributed by atoms with Gasteiger partial charge in [-0.2, -0.15) is 0 Å². The number of nitrogens with zero attached hydrogens (tertiary/aromatic N) is 4. The normalized spacial score (nSPS) is 23.3. The first-order chi connectivity index (χ1) is 12.7. The zero-order valence-corrected chi connectivity index (χ0v) is 14.7. The van der Waals surface area contributed by atoms with Crippen LogP contribution >= 0.6 is 0 Å². The number of piperazine rings is 1. The Labute approximate surface area is 151 Å². The predicted molar refractivity (Wildman–Crippen MR) is 96.0 cm³/mol. The van der Waals surface area contributed by atoms with Crippen LogP contribution in [0.15, 0.2) is 40.9 Å². The average Bonchev–Trinajstić information content (AvgIpc) is 3.02. The minimum atomic E-state index is -0.248. The van der Waals surface area contributed by atoms with Crippen molar-refractivity contribution in [2.75, 3.05) is 13.1 Å². The van der Waals surface area contributed by atoms with Gasteiger partial charge in [0.05, 0.1) is 5.69 Å². The Hall–Kier alpha value is -2.31. The molecule has 0 radical (unpaired) electrons. The fraction of sp³-hybridized carbons (Fsp3) is 0.400. The molecule has 3 aromatic rings. The quantitative estimate of drug-likeness (QED) is 0.722. The van der Waals surface area contributed by atoms with Gasteiger partial charge in [-0.3, -0.25) is 14.8 Å². The summed E-state index contributed by atoms with van der Waals surface area (Å²) < 4.78 is 18.9. The number of pyridine rings is 1. The van der Waals surface area contributed by atoms with Crippen LogP contribution in [0.1, 0.15) is 23.5 Å². The van der Waals surface area contributed by atoms with Gasteiger partial charge in [-0.25, -0.2) is 4.39 Å². The van der Waals surface area contributed by atoms with E-state index in [-0.39, 0.29) is 5.82 Å². The summed E-state index contributed by atoms with van der Waals surface area (Å²) in [6.07, 6.45) is 1.22. The first-order valence-corrected chi connectivity index (χ1v) is 9.10. The van der Waals surface area contributed by atoms with Crippen LogP contribution in [0, 0.1) is 12.7 Å². The summed E-state index contributed by atoms with van der Waals surface area (Å²) in [5.41, 5.74) is 3.69. The molecule has 134 valence electrons. The topological polar surface area (TPSA) is 45.4 Å². The number of halogens is 1. The second-order valence-corrected chi connectivity index (χ2v) is 7.45. The molecule has 0 N–H and O–H groups in total.